The number of esters is 1. The van der Waals surface area contributed by atoms with E-state index in [1.165, 1.54) is 0 Å². The minimum Gasteiger partial charge on any atom is -0.450 e. The minimum atomic E-state index is -0.359. The number of ether oxygens (including phenoxy) is 1. The van der Waals surface area contributed by atoms with Crippen LogP contribution >= 0.6 is 0 Å². The van der Waals surface area contributed by atoms with Crippen molar-refractivity contribution in [1.29, 1.82) is 5.26 Å². The molecule has 0 aliphatic carbocycles. The molecule has 0 saturated carbocycles. The van der Waals surface area contributed by atoms with Gasteiger partial charge in [-0.25, -0.2) is 4.68 Å². The van der Waals surface area contributed by atoms with E-state index >= 15 is 0 Å². The molecule has 0 bridgehead atoms. The molecule has 0 saturated heterocycles. The molecule has 0 amide bonds. The molecule has 0 aliphatic rings. The summed E-state index contributed by atoms with van der Waals surface area (Å²) in [6.45, 7) is 3.73. The normalized spacial score (nSPS) is 10.1. The third kappa shape index (κ3) is 3.48. The molecule has 0 unspecified atom stereocenters. The number of carbonyl (C=O) groups excluding carboxylic acids is 1. The predicted molar refractivity (Wildman–Crippen MR) is 77.9 cm³/mol. The number of hydrogen-bond acceptors (Lipinski definition) is 4. The molecule has 5 nitrogen and oxygen atoms in total. The average Bonchev–Trinajstić information content (AvgIpc) is 2.79. The summed E-state index contributed by atoms with van der Waals surface area (Å²) in [6, 6.07) is 11.7. The highest BCUT2D eigenvalue weighted by atomic mass is 16.5. The maximum atomic E-state index is 11.5. The lowest BCUT2D eigenvalue weighted by atomic mass is 10.1. The summed E-state index contributed by atoms with van der Waals surface area (Å²) in [6.07, 6.45) is 0.818. The molecule has 0 aliphatic heterocycles. The largest absolute Gasteiger partial charge is 0.450 e. The van der Waals surface area contributed by atoms with Crippen molar-refractivity contribution >= 4 is 5.97 Å². The van der Waals surface area contributed by atoms with Gasteiger partial charge >= 0.3 is 5.97 Å². The highest BCUT2D eigenvalue weighted by molar-refractivity contribution is 5.70. The molecule has 21 heavy (non-hydrogen) atoms. The Hall–Kier alpha value is -2.61. The second-order valence-electron chi connectivity index (χ2n) is 4.72. The Morgan fingerprint density at radius 2 is 2.05 bits per heavy atom. The standard InChI is InChI=1S/C16H17N3O2/c1-12-15(8-9-16(20)21-11-10-17)13(2)19(18-12)14-6-4-3-5-7-14/h3-7H,8-9,11H2,1-2H3. The fourth-order valence-corrected chi connectivity index (χ4v) is 2.27. The van der Waals surface area contributed by atoms with Gasteiger partial charge in [0.2, 0.25) is 0 Å². The van der Waals surface area contributed by atoms with Crippen LogP contribution in [0.5, 0.6) is 0 Å². The number of rotatable bonds is 5. The van der Waals surface area contributed by atoms with Gasteiger partial charge in [-0.3, -0.25) is 4.79 Å². The third-order valence-corrected chi connectivity index (χ3v) is 3.32. The molecular formula is C16H17N3O2. The molecule has 1 aromatic carbocycles. The first-order chi connectivity index (χ1) is 10.1. The van der Waals surface area contributed by atoms with Gasteiger partial charge in [0.1, 0.15) is 6.07 Å². The molecule has 2 aromatic rings. The van der Waals surface area contributed by atoms with Crippen LogP contribution in [-0.4, -0.2) is 22.4 Å². The van der Waals surface area contributed by atoms with E-state index < -0.39 is 0 Å². The van der Waals surface area contributed by atoms with Crippen molar-refractivity contribution in [3.63, 3.8) is 0 Å². The lowest BCUT2D eigenvalue weighted by molar-refractivity contribution is -0.142. The Balaban J connectivity index is 2.13. The second-order valence-corrected chi connectivity index (χ2v) is 4.72. The fourth-order valence-electron chi connectivity index (χ4n) is 2.27. The summed E-state index contributed by atoms with van der Waals surface area (Å²) in [5, 5.41) is 12.9. The van der Waals surface area contributed by atoms with Gasteiger partial charge < -0.3 is 4.74 Å². The number of nitriles is 1. The molecule has 5 heteroatoms. The molecule has 0 radical (unpaired) electrons. The maximum absolute atomic E-state index is 11.5. The van der Waals surface area contributed by atoms with E-state index in [-0.39, 0.29) is 19.0 Å². The van der Waals surface area contributed by atoms with E-state index in [1.807, 2.05) is 48.9 Å². The summed E-state index contributed by atoms with van der Waals surface area (Å²) in [7, 11) is 0. The monoisotopic (exact) mass is 283 g/mol. The van der Waals surface area contributed by atoms with Gasteiger partial charge in [-0.2, -0.15) is 10.4 Å². The van der Waals surface area contributed by atoms with Crippen molar-refractivity contribution in [3.8, 4) is 11.8 Å². The smallest absolute Gasteiger partial charge is 0.307 e. The Kier molecular flexibility index (Phi) is 4.72. The minimum absolute atomic E-state index is 0.194. The molecule has 0 N–H and O–H groups in total. The van der Waals surface area contributed by atoms with Crippen LogP contribution < -0.4 is 0 Å². The Bertz CT molecular complexity index is 669. The van der Waals surface area contributed by atoms with Crippen LogP contribution in [0.15, 0.2) is 30.3 Å². The van der Waals surface area contributed by atoms with Gasteiger partial charge in [0.05, 0.1) is 11.4 Å². The van der Waals surface area contributed by atoms with Gasteiger partial charge in [-0.05, 0) is 38.0 Å². The van der Waals surface area contributed by atoms with Crippen molar-refractivity contribution in [2.75, 3.05) is 6.61 Å². The first-order valence-corrected chi connectivity index (χ1v) is 6.76. The maximum Gasteiger partial charge on any atom is 0.307 e. The van der Waals surface area contributed by atoms with Crippen LogP contribution in [0.4, 0.5) is 0 Å². The van der Waals surface area contributed by atoms with Gasteiger partial charge in [0.25, 0.3) is 0 Å². The van der Waals surface area contributed by atoms with E-state index in [0.29, 0.717) is 6.42 Å². The fraction of sp³-hybridized carbons (Fsp3) is 0.312. The number of aryl methyl sites for hydroxylation is 1. The molecule has 2 rings (SSSR count). The Labute approximate surface area is 123 Å². The molecule has 1 heterocycles. The first kappa shape index (κ1) is 14.8. The molecule has 0 spiro atoms. The lowest BCUT2D eigenvalue weighted by Crippen LogP contribution is -2.06. The summed E-state index contributed by atoms with van der Waals surface area (Å²) in [5.74, 6) is -0.359. The first-order valence-electron chi connectivity index (χ1n) is 6.76. The number of para-hydroxylation sites is 1. The van der Waals surface area contributed by atoms with Crippen LogP contribution in [0.25, 0.3) is 5.69 Å². The zero-order valence-corrected chi connectivity index (χ0v) is 12.2. The highest BCUT2D eigenvalue weighted by Crippen LogP contribution is 2.19. The zero-order valence-electron chi connectivity index (χ0n) is 12.2. The van der Waals surface area contributed by atoms with Crippen LogP contribution in [0.3, 0.4) is 0 Å². The van der Waals surface area contributed by atoms with Crippen LogP contribution in [0.2, 0.25) is 0 Å². The van der Waals surface area contributed by atoms with Crippen molar-refractivity contribution < 1.29 is 9.53 Å². The van der Waals surface area contributed by atoms with E-state index in [2.05, 4.69) is 5.10 Å². The number of benzene rings is 1. The van der Waals surface area contributed by atoms with Crippen molar-refractivity contribution in [2.45, 2.75) is 26.7 Å². The highest BCUT2D eigenvalue weighted by Gasteiger charge is 2.14. The zero-order chi connectivity index (χ0) is 15.2. The van der Waals surface area contributed by atoms with Crippen molar-refractivity contribution in [3.05, 3.63) is 47.3 Å². The van der Waals surface area contributed by atoms with E-state index in [4.69, 9.17) is 10.00 Å². The average molecular weight is 283 g/mol. The molecular weight excluding hydrogens is 266 g/mol. The lowest BCUT2D eigenvalue weighted by Gasteiger charge is -2.05. The number of aromatic nitrogens is 2. The molecule has 0 fully saturated rings. The summed E-state index contributed by atoms with van der Waals surface area (Å²) in [5.41, 5.74) is 3.97. The summed E-state index contributed by atoms with van der Waals surface area (Å²) in [4.78, 5) is 11.5. The molecule has 1 aromatic heterocycles. The second kappa shape index (κ2) is 6.71. The summed E-state index contributed by atoms with van der Waals surface area (Å²) >= 11 is 0. The number of carbonyl (C=O) groups is 1. The Morgan fingerprint density at radius 1 is 1.33 bits per heavy atom. The van der Waals surface area contributed by atoms with E-state index in [0.717, 1.165) is 22.6 Å². The summed E-state index contributed by atoms with van der Waals surface area (Å²) < 4.78 is 6.64. The van der Waals surface area contributed by atoms with Gasteiger partial charge in [-0.15, -0.1) is 0 Å². The van der Waals surface area contributed by atoms with E-state index in [1.54, 1.807) is 6.07 Å². The molecule has 108 valence electrons. The third-order valence-electron chi connectivity index (χ3n) is 3.32. The van der Waals surface area contributed by atoms with Gasteiger partial charge in [0, 0.05) is 12.1 Å². The van der Waals surface area contributed by atoms with Crippen LogP contribution in [-0.2, 0) is 16.0 Å². The SMILES string of the molecule is Cc1nn(-c2ccccc2)c(C)c1CCC(=O)OCC#N. The van der Waals surface area contributed by atoms with Crippen LogP contribution in [0, 0.1) is 25.2 Å². The van der Waals surface area contributed by atoms with Crippen molar-refractivity contribution in [1.82, 2.24) is 9.78 Å². The van der Waals surface area contributed by atoms with Crippen LogP contribution in [0.1, 0.15) is 23.4 Å². The predicted octanol–water partition coefficient (Wildman–Crippen LogP) is 2.49. The van der Waals surface area contributed by atoms with Crippen molar-refractivity contribution in [2.24, 2.45) is 0 Å². The number of hydrogen-bond donors (Lipinski definition) is 0. The number of nitrogens with zero attached hydrogens (tertiary/aromatic N) is 3. The quantitative estimate of drug-likeness (QED) is 0.791. The van der Waals surface area contributed by atoms with Gasteiger partial charge in [0.15, 0.2) is 6.61 Å². The van der Waals surface area contributed by atoms with E-state index in [9.17, 15) is 4.79 Å². The molecule has 0 atom stereocenters. The topological polar surface area (TPSA) is 67.9 Å². The van der Waals surface area contributed by atoms with Gasteiger partial charge in [-0.1, -0.05) is 18.2 Å². The Morgan fingerprint density at radius 3 is 2.71 bits per heavy atom.